The molecule has 5 heterocycles. The monoisotopic (exact) mass is 670 g/mol. The number of aromatic amines is 2. The number of halogens is 1. The molecule has 0 radical (unpaired) electrons. The quantitative estimate of drug-likeness (QED) is 0.161. The average molecular weight is 671 g/mol. The van der Waals surface area contributed by atoms with Crippen molar-refractivity contribution < 1.29 is 23.5 Å². The molecule has 258 valence electrons. The Morgan fingerprint density at radius 3 is 1.86 bits per heavy atom. The molecule has 6 N–H and O–H groups in total. The molecule has 0 saturated carbocycles. The second kappa shape index (κ2) is 12.9. The number of rotatable bonds is 8. The maximum atomic E-state index is 15.6. The van der Waals surface area contributed by atoms with Crippen molar-refractivity contribution in [2.45, 2.75) is 77.5 Å². The van der Waals surface area contributed by atoms with Crippen molar-refractivity contribution in [1.29, 1.82) is 0 Å². The van der Waals surface area contributed by atoms with Crippen molar-refractivity contribution in [3.8, 4) is 45.5 Å². The Morgan fingerprint density at radius 1 is 0.776 bits per heavy atom. The number of amides is 2. The number of nitrogens with one attached hydrogen (secondary N) is 2. The molecule has 2 amide bonds. The summed E-state index contributed by atoms with van der Waals surface area (Å²) in [6.45, 7) is 9.02. The van der Waals surface area contributed by atoms with Gasteiger partial charge in [-0.15, -0.1) is 0 Å². The van der Waals surface area contributed by atoms with Gasteiger partial charge in [-0.2, -0.15) is 0 Å². The van der Waals surface area contributed by atoms with Gasteiger partial charge in [0, 0.05) is 24.2 Å². The van der Waals surface area contributed by atoms with Crippen LogP contribution >= 0.6 is 0 Å². The predicted molar refractivity (Wildman–Crippen MR) is 181 cm³/mol. The fourth-order valence-electron chi connectivity index (χ4n) is 6.85. The van der Waals surface area contributed by atoms with E-state index in [1.54, 1.807) is 35.5 Å². The number of carbonyl (C=O) groups is 2. The summed E-state index contributed by atoms with van der Waals surface area (Å²) in [5.74, 6) is 1.68. The molecule has 2 fully saturated rings. The van der Waals surface area contributed by atoms with Crippen molar-refractivity contribution in [3.63, 3.8) is 0 Å². The first-order valence-corrected chi connectivity index (χ1v) is 17.1. The zero-order valence-corrected chi connectivity index (χ0v) is 28.2. The molecule has 2 aromatic carbocycles. The number of benzene rings is 2. The van der Waals surface area contributed by atoms with Crippen LogP contribution in [0.15, 0.2) is 42.7 Å². The number of hydrogen-bond donors (Lipinski definition) is 4. The lowest BCUT2D eigenvalue weighted by Gasteiger charge is -2.27. The van der Waals surface area contributed by atoms with Gasteiger partial charge in [0.05, 0.1) is 47.9 Å². The number of aromatic nitrogens is 4. The first-order valence-electron chi connectivity index (χ1n) is 17.1. The number of imidazole rings is 2. The average Bonchev–Trinajstić information content (AvgIpc) is 3.92. The molecule has 0 bridgehead atoms. The normalized spacial score (nSPS) is 19.9. The van der Waals surface area contributed by atoms with Crippen LogP contribution in [0.4, 0.5) is 4.39 Å². The third-order valence-electron chi connectivity index (χ3n) is 9.91. The molecule has 12 nitrogen and oxygen atoms in total. The highest BCUT2D eigenvalue weighted by atomic mass is 19.1. The van der Waals surface area contributed by atoms with Crippen LogP contribution in [-0.4, -0.2) is 66.7 Å². The molecular weight excluding hydrogens is 627 g/mol. The van der Waals surface area contributed by atoms with Gasteiger partial charge in [-0.05, 0) is 67.9 Å². The first-order chi connectivity index (χ1) is 23.5. The number of H-pyrrole nitrogens is 2. The van der Waals surface area contributed by atoms with E-state index >= 15 is 4.39 Å². The molecule has 13 heteroatoms. The van der Waals surface area contributed by atoms with E-state index < -0.39 is 17.9 Å². The Bertz CT molecular complexity index is 1890. The van der Waals surface area contributed by atoms with Crippen molar-refractivity contribution in [1.82, 2.24) is 29.7 Å². The van der Waals surface area contributed by atoms with E-state index in [4.69, 9.17) is 20.9 Å². The summed E-state index contributed by atoms with van der Waals surface area (Å²) in [4.78, 5) is 45.5. The fraction of sp³-hybridized carbons (Fsp3) is 0.444. The lowest BCUT2D eigenvalue weighted by Crippen LogP contribution is -2.46. The molecule has 4 unspecified atom stereocenters. The Kier molecular flexibility index (Phi) is 8.65. The summed E-state index contributed by atoms with van der Waals surface area (Å²) in [5.41, 5.74) is 15.0. The number of carbonyl (C=O) groups excluding carboxylic acids is 2. The van der Waals surface area contributed by atoms with Gasteiger partial charge in [0.2, 0.25) is 17.6 Å². The summed E-state index contributed by atoms with van der Waals surface area (Å²) < 4.78 is 27.8. The maximum Gasteiger partial charge on any atom is 0.240 e. The predicted octanol–water partition coefficient (Wildman–Crippen LogP) is 5.80. The van der Waals surface area contributed by atoms with Crippen molar-refractivity contribution in [2.24, 2.45) is 23.3 Å². The number of nitrogens with two attached hydrogens (primary N) is 2. The van der Waals surface area contributed by atoms with Crippen molar-refractivity contribution >= 4 is 11.8 Å². The van der Waals surface area contributed by atoms with Crippen LogP contribution in [-0.2, 0) is 9.59 Å². The highest BCUT2D eigenvalue weighted by Crippen LogP contribution is 2.49. The van der Waals surface area contributed by atoms with Gasteiger partial charge in [0.1, 0.15) is 11.6 Å². The summed E-state index contributed by atoms with van der Waals surface area (Å²) in [6, 6.07) is 6.98. The topological polar surface area (TPSA) is 168 Å². The first kappa shape index (κ1) is 32.8. The molecule has 2 aromatic heterocycles. The van der Waals surface area contributed by atoms with E-state index in [0.29, 0.717) is 47.5 Å². The molecule has 7 rings (SSSR count). The number of hydrogen-bond acceptors (Lipinski definition) is 8. The minimum absolute atomic E-state index is 0.0183. The summed E-state index contributed by atoms with van der Waals surface area (Å²) in [6.07, 6.45) is 6.66. The van der Waals surface area contributed by atoms with Crippen LogP contribution in [0.5, 0.6) is 23.0 Å². The minimum atomic E-state index is -0.588. The number of nitrogens with zero attached hydrogens (tertiary/aromatic N) is 4. The molecule has 0 aliphatic carbocycles. The number of fused-ring (bicyclic) bond motifs is 2. The van der Waals surface area contributed by atoms with Gasteiger partial charge < -0.3 is 40.7 Å². The smallest absolute Gasteiger partial charge is 0.240 e. The third-order valence-corrected chi connectivity index (χ3v) is 9.91. The highest BCUT2D eigenvalue weighted by Gasteiger charge is 2.37. The van der Waals surface area contributed by atoms with Gasteiger partial charge in [0.15, 0.2) is 23.1 Å². The molecule has 4 aromatic rings. The fourth-order valence-corrected chi connectivity index (χ4v) is 6.85. The van der Waals surface area contributed by atoms with Crippen LogP contribution in [0.1, 0.15) is 77.1 Å². The largest absolute Gasteiger partial charge is 0.449 e. The standard InChI is InChI=1S/C36H43FN8O4/c1-18(2)30(38)35(46)44-11-5-7-25(44)33-40-16-23(42-33)20-9-10-27-28(14-20)49-32-22(37)13-21(15-29(32)48-27)24-17-41-34(43-24)26-8-6-12-45(26)36(47)31(39)19(3)4/h9-10,13-19,25-26,30-31H,5-8,11-12,38-39H2,1-4H3,(H,40,42)(H,41,43). The molecule has 4 atom stereocenters. The zero-order chi connectivity index (χ0) is 34.6. The van der Waals surface area contributed by atoms with Crippen molar-refractivity contribution in [3.05, 3.63) is 60.2 Å². The van der Waals surface area contributed by atoms with E-state index in [0.717, 1.165) is 36.9 Å². The van der Waals surface area contributed by atoms with Gasteiger partial charge in [0.25, 0.3) is 0 Å². The summed E-state index contributed by atoms with van der Waals surface area (Å²) in [5, 5.41) is 0. The number of likely N-dealkylation sites (tertiary alicyclic amines) is 2. The lowest BCUT2D eigenvalue weighted by atomic mass is 10.0. The van der Waals surface area contributed by atoms with Gasteiger partial charge in [-0.1, -0.05) is 27.7 Å². The zero-order valence-electron chi connectivity index (χ0n) is 28.2. The van der Waals surface area contributed by atoms with Gasteiger partial charge in [-0.25, -0.2) is 14.4 Å². The minimum Gasteiger partial charge on any atom is -0.449 e. The second-order valence-corrected chi connectivity index (χ2v) is 13.9. The molecule has 3 aliphatic rings. The Morgan fingerprint density at radius 2 is 1.31 bits per heavy atom. The Hall–Kier alpha value is -4.75. The molecule has 0 spiro atoms. The van der Waals surface area contributed by atoms with Crippen LogP contribution in [0.2, 0.25) is 0 Å². The Balaban J connectivity index is 1.08. The van der Waals surface area contributed by atoms with Crippen LogP contribution in [0.25, 0.3) is 22.5 Å². The Labute approximate surface area is 284 Å². The van der Waals surface area contributed by atoms with E-state index in [1.165, 1.54) is 6.07 Å². The molecule has 3 aliphatic heterocycles. The third kappa shape index (κ3) is 6.05. The van der Waals surface area contributed by atoms with Crippen LogP contribution in [0.3, 0.4) is 0 Å². The van der Waals surface area contributed by atoms with E-state index in [-0.39, 0.29) is 47.2 Å². The molecule has 2 saturated heterocycles. The second-order valence-electron chi connectivity index (χ2n) is 13.9. The van der Waals surface area contributed by atoms with Crippen LogP contribution < -0.4 is 20.9 Å². The van der Waals surface area contributed by atoms with Gasteiger partial charge >= 0.3 is 0 Å². The molecule has 49 heavy (non-hydrogen) atoms. The SMILES string of the molecule is CC(C)C(N)C(=O)N1CCCC1c1ncc(-c2ccc3c(c2)Oc2c(F)cc(-c4cnc(C5CCCN5C(=O)C(N)C(C)C)[nH]4)cc2O3)[nH]1. The molecular formula is C36H43FN8O4. The maximum absolute atomic E-state index is 15.6. The van der Waals surface area contributed by atoms with Gasteiger partial charge in [-0.3, -0.25) is 9.59 Å². The van der Waals surface area contributed by atoms with Crippen LogP contribution in [0, 0.1) is 17.7 Å². The summed E-state index contributed by atoms with van der Waals surface area (Å²) >= 11 is 0. The van der Waals surface area contributed by atoms with E-state index in [9.17, 15) is 9.59 Å². The highest BCUT2D eigenvalue weighted by molar-refractivity contribution is 5.83. The number of ether oxygens (including phenoxy) is 2. The van der Waals surface area contributed by atoms with E-state index in [1.807, 2.05) is 38.7 Å². The van der Waals surface area contributed by atoms with E-state index in [2.05, 4.69) is 19.9 Å². The summed E-state index contributed by atoms with van der Waals surface area (Å²) in [7, 11) is 0. The van der Waals surface area contributed by atoms with Crippen molar-refractivity contribution in [2.75, 3.05) is 13.1 Å². The lowest BCUT2D eigenvalue weighted by molar-refractivity contribution is -0.135.